The first-order chi connectivity index (χ1) is 8.65. The molecule has 0 aliphatic carbocycles. The highest BCUT2D eigenvalue weighted by Crippen LogP contribution is 2.32. The summed E-state index contributed by atoms with van der Waals surface area (Å²) < 4.78 is 5.63. The number of amidine groups is 1. The number of rotatable bonds is 2. The molecule has 0 bridgehead atoms. The monoisotopic (exact) mass is 262 g/mol. The van der Waals surface area contributed by atoms with E-state index in [1.807, 2.05) is 19.1 Å². The van der Waals surface area contributed by atoms with E-state index in [9.17, 15) is 0 Å². The van der Waals surface area contributed by atoms with Crippen LogP contribution in [-0.4, -0.2) is 18.9 Å². The van der Waals surface area contributed by atoms with Crippen LogP contribution in [0.25, 0.3) is 11.0 Å². The second kappa shape index (κ2) is 4.32. The summed E-state index contributed by atoms with van der Waals surface area (Å²) in [6, 6.07) is 4.04. The molecule has 3 rings (SSSR count). The van der Waals surface area contributed by atoms with E-state index in [-0.39, 0.29) is 0 Å². The highest BCUT2D eigenvalue weighted by atomic mass is 35.5. The van der Waals surface area contributed by atoms with Gasteiger partial charge in [0.1, 0.15) is 11.6 Å². The molecule has 1 N–H and O–H groups in total. The molecule has 0 unspecified atom stereocenters. The summed E-state index contributed by atoms with van der Waals surface area (Å²) in [6.45, 7) is 5.86. The molecule has 94 valence electrons. The number of aliphatic imine (C=N–C) groups is 1. The maximum absolute atomic E-state index is 6.28. The minimum atomic E-state index is 0.678. The largest absolute Gasteiger partial charge is 0.460 e. The summed E-state index contributed by atoms with van der Waals surface area (Å²) in [6.07, 6.45) is 0.811. The molecule has 0 atom stereocenters. The first-order valence-corrected chi connectivity index (χ1v) is 6.48. The summed E-state index contributed by atoms with van der Waals surface area (Å²) in [5.41, 5.74) is 3.22. The van der Waals surface area contributed by atoms with Gasteiger partial charge >= 0.3 is 0 Å². The fraction of sp³-hybridized carbons (Fsp3) is 0.357. The fourth-order valence-electron chi connectivity index (χ4n) is 2.40. The zero-order valence-electron chi connectivity index (χ0n) is 10.5. The van der Waals surface area contributed by atoms with Gasteiger partial charge in [-0.05, 0) is 37.1 Å². The Morgan fingerprint density at radius 2 is 2.22 bits per heavy atom. The number of fused-ring (bicyclic) bond motifs is 1. The Balaban J connectivity index is 2.09. The van der Waals surface area contributed by atoms with Crippen molar-refractivity contribution in [1.29, 1.82) is 0 Å². The number of benzene rings is 1. The predicted molar refractivity (Wildman–Crippen MR) is 74.7 cm³/mol. The molecule has 1 aromatic carbocycles. The van der Waals surface area contributed by atoms with E-state index in [0.29, 0.717) is 5.02 Å². The molecule has 1 aromatic heterocycles. The van der Waals surface area contributed by atoms with Crippen LogP contribution in [0.2, 0.25) is 5.02 Å². The maximum Gasteiger partial charge on any atom is 0.153 e. The lowest BCUT2D eigenvalue weighted by Gasteiger charge is -2.08. The number of halogens is 1. The summed E-state index contributed by atoms with van der Waals surface area (Å²) in [5, 5.41) is 5.07. The Kier molecular flexibility index (Phi) is 2.78. The molecule has 1 aliphatic rings. The topological polar surface area (TPSA) is 37.5 Å². The number of nitrogens with one attached hydrogen (secondary N) is 1. The summed E-state index contributed by atoms with van der Waals surface area (Å²) in [5.74, 6) is 1.94. The standard InChI is InChI=1S/C14H15ClN2O/c1-8-5-11-9(2)10(6-12(15)14(11)18-8)7-13-16-3-4-17-13/h5-6H,3-4,7H2,1-2H3,(H,16,17). The zero-order valence-corrected chi connectivity index (χ0v) is 11.3. The van der Waals surface area contributed by atoms with Gasteiger partial charge < -0.3 is 9.73 Å². The van der Waals surface area contributed by atoms with Gasteiger partial charge in [-0.3, -0.25) is 4.99 Å². The van der Waals surface area contributed by atoms with Gasteiger partial charge in [0.05, 0.1) is 11.6 Å². The van der Waals surface area contributed by atoms with Crippen LogP contribution in [0.15, 0.2) is 21.5 Å². The first-order valence-electron chi connectivity index (χ1n) is 6.10. The molecule has 0 radical (unpaired) electrons. The van der Waals surface area contributed by atoms with Gasteiger partial charge in [0.15, 0.2) is 5.58 Å². The van der Waals surface area contributed by atoms with E-state index in [2.05, 4.69) is 17.2 Å². The Labute approximate surface area is 111 Å². The molecule has 0 spiro atoms. The third-order valence-corrected chi connectivity index (χ3v) is 3.64. The molecule has 2 heterocycles. The van der Waals surface area contributed by atoms with E-state index in [4.69, 9.17) is 16.0 Å². The van der Waals surface area contributed by atoms with E-state index in [0.717, 1.165) is 42.1 Å². The van der Waals surface area contributed by atoms with Crippen molar-refractivity contribution in [1.82, 2.24) is 5.32 Å². The van der Waals surface area contributed by atoms with Gasteiger partial charge in [-0.25, -0.2) is 0 Å². The number of nitrogens with zero attached hydrogens (tertiary/aromatic N) is 1. The van der Waals surface area contributed by atoms with Crippen LogP contribution < -0.4 is 5.32 Å². The predicted octanol–water partition coefficient (Wildman–Crippen LogP) is 3.25. The van der Waals surface area contributed by atoms with Crippen LogP contribution in [-0.2, 0) is 6.42 Å². The quantitative estimate of drug-likeness (QED) is 0.902. The van der Waals surface area contributed by atoms with Gasteiger partial charge in [-0.15, -0.1) is 0 Å². The lowest BCUT2D eigenvalue weighted by atomic mass is 10.0. The van der Waals surface area contributed by atoms with Gasteiger partial charge in [0, 0.05) is 18.4 Å². The molecule has 0 amide bonds. The van der Waals surface area contributed by atoms with Crippen LogP contribution in [0.3, 0.4) is 0 Å². The van der Waals surface area contributed by atoms with Crippen LogP contribution >= 0.6 is 11.6 Å². The number of furan rings is 1. The maximum atomic E-state index is 6.28. The van der Waals surface area contributed by atoms with Crippen LogP contribution in [0.4, 0.5) is 0 Å². The third kappa shape index (κ3) is 1.89. The summed E-state index contributed by atoms with van der Waals surface area (Å²) in [7, 11) is 0. The highest BCUT2D eigenvalue weighted by molar-refractivity contribution is 6.35. The van der Waals surface area contributed by atoms with Gasteiger partial charge in [0.2, 0.25) is 0 Å². The second-order valence-corrected chi connectivity index (χ2v) is 5.08. The van der Waals surface area contributed by atoms with Crippen LogP contribution in [0.5, 0.6) is 0 Å². The van der Waals surface area contributed by atoms with Crippen LogP contribution in [0, 0.1) is 13.8 Å². The molecule has 1 aliphatic heterocycles. The minimum absolute atomic E-state index is 0.678. The lowest BCUT2D eigenvalue weighted by Crippen LogP contribution is -2.20. The van der Waals surface area contributed by atoms with Crippen molar-refractivity contribution in [3.63, 3.8) is 0 Å². The lowest BCUT2D eigenvalue weighted by molar-refractivity contribution is 0.578. The first kappa shape index (κ1) is 11.6. The van der Waals surface area contributed by atoms with E-state index < -0.39 is 0 Å². The molecule has 0 saturated heterocycles. The molecular weight excluding hydrogens is 248 g/mol. The Morgan fingerprint density at radius 1 is 1.39 bits per heavy atom. The summed E-state index contributed by atoms with van der Waals surface area (Å²) in [4.78, 5) is 4.43. The highest BCUT2D eigenvalue weighted by Gasteiger charge is 2.14. The second-order valence-electron chi connectivity index (χ2n) is 4.67. The molecule has 3 nitrogen and oxygen atoms in total. The average Bonchev–Trinajstić information content (AvgIpc) is 2.95. The smallest absolute Gasteiger partial charge is 0.153 e. The van der Waals surface area contributed by atoms with Gasteiger partial charge in [-0.2, -0.15) is 0 Å². The normalized spacial score (nSPS) is 14.9. The van der Waals surface area contributed by atoms with Crippen molar-refractivity contribution in [2.75, 3.05) is 13.1 Å². The van der Waals surface area contributed by atoms with Crippen molar-refractivity contribution in [3.05, 3.63) is 34.0 Å². The Bertz CT molecular complexity index is 643. The SMILES string of the molecule is Cc1cc2c(C)c(CC3=NCCN3)cc(Cl)c2o1. The van der Waals surface area contributed by atoms with Crippen LogP contribution in [0.1, 0.15) is 16.9 Å². The Morgan fingerprint density at radius 3 is 2.94 bits per heavy atom. The van der Waals surface area contributed by atoms with Gasteiger partial charge in [-0.1, -0.05) is 11.6 Å². The van der Waals surface area contributed by atoms with Crippen molar-refractivity contribution in [2.24, 2.45) is 4.99 Å². The number of hydrogen-bond donors (Lipinski definition) is 1. The van der Waals surface area contributed by atoms with Crippen molar-refractivity contribution in [2.45, 2.75) is 20.3 Å². The van der Waals surface area contributed by atoms with Crippen molar-refractivity contribution < 1.29 is 4.42 Å². The molecule has 4 heteroatoms. The molecule has 18 heavy (non-hydrogen) atoms. The van der Waals surface area contributed by atoms with Crippen molar-refractivity contribution >= 4 is 28.4 Å². The molecule has 2 aromatic rings. The molecule has 0 saturated carbocycles. The Hall–Kier alpha value is -1.48. The van der Waals surface area contributed by atoms with Crippen molar-refractivity contribution in [3.8, 4) is 0 Å². The average molecular weight is 263 g/mol. The number of aryl methyl sites for hydroxylation is 2. The number of hydrogen-bond acceptors (Lipinski definition) is 3. The third-order valence-electron chi connectivity index (χ3n) is 3.36. The molecule has 0 fully saturated rings. The molecular formula is C14H15ClN2O. The van der Waals surface area contributed by atoms with E-state index in [1.165, 1.54) is 11.1 Å². The zero-order chi connectivity index (χ0) is 12.7. The van der Waals surface area contributed by atoms with E-state index >= 15 is 0 Å². The summed E-state index contributed by atoms with van der Waals surface area (Å²) >= 11 is 6.28. The minimum Gasteiger partial charge on any atom is -0.460 e. The fourth-order valence-corrected chi connectivity index (χ4v) is 2.67. The van der Waals surface area contributed by atoms with Gasteiger partial charge in [0.25, 0.3) is 0 Å². The van der Waals surface area contributed by atoms with E-state index in [1.54, 1.807) is 0 Å².